The quantitative estimate of drug-likeness (QED) is 0.434. The Kier molecular flexibility index (Phi) is 7.45. The Bertz CT molecular complexity index is 795. The van der Waals surface area contributed by atoms with E-state index in [1.165, 1.54) is 13.3 Å². The zero-order valence-corrected chi connectivity index (χ0v) is 14.7. The number of hydrazone groups is 1. The van der Waals surface area contributed by atoms with E-state index in [9.17, 15) is 9.59 Å². The molecular formula is C18H17ClN2O5. The summed E-state index contributed by atoms with van der Waals surface area (Å²) in [6.45, 7) is -0.406. The highest BCUT2D eigenvalue weighted by atomic mass is 35.5. The fraction of sp³-hybridized carbons (Fsp3) is 0.167. The molecule has 0 atom stereocenters. The van der Waals surface area contributed by atoms with Crippen molar-refractivity contribution in [3.63, 3.8) is 0 Å². The van der Waals surface area contributed by atoms with Crippen molar-refractivity contribution in [1.82, 2.24) is 5.43 Å². The van der Waals surface area contributed by atoms with E-state index in [2.05, 4.69) is 15.3 Å². The third-order valence-corrected chi connectivity index (χ3v) is 3.35. The smallest absolute Gasteiger partial charge is 0.343 e. The molecule has 0 saturated heterocycles. The molecule has 1 N–H and O–H groups in total. The molecule has 0 aliphatic heterocycles. The van der Waals surface area contributed by atoms with Gasteiger partial charge in [0.15, 0.2) is 13.2 Å². The third-order valence-electron chi connectivity index (χ3n) is 3.04. The molecule has 2 aromatic rings. The molecule has 0 aliphatic rings. The second-order valence-electron chi connectivity index (χ2n) is 4.95. The highest BCUT2D eigenvalue weighted by molar-refractivity contribution is 6.32. The van der Waals surface area contributed by atoms with Crippen molar-refractivity contribution in [3.05, 3.63) is 59.1 Å². The Morgan fingerprint density at radius 2 is 1.92 bits per heavy atom. The monoisotopic (exact) mass is 376 g/mol. The van der Waals surface area contributed by atoms with Gasteiger partial charge in [-0.3, -0.25) is 4.79 Å². The number of amides is 1. The Morgan fingerprint density at radius 1 is 1.12 bits per heavy atom. The summed E-state index contributed by atoms with van der Waals surface area (Å²) in [4.78, 5) is 22.8. The Labute approximate surface area is 155 Å². The van der Waals surface area contributed by atoms with Gasteiger partial charge in [-0.05, 0) is 29.8 Å². The number of benzene rings is 2. The van der Waals surface area contributed by atoms with E-state index >= 15 is 0 Å². The SMILES string of the molecule is COC(=O)COc1cccc(/C=N\NC(=O)COc2ccccc2Cl)c1. The van der Waals surface area contributed by atoms with E-state index in [4.69, 9.17) is 21.1 Å². The van der Waals surface area contributed by atoms with Gasteiger partial charge in [-0.25, -0.2) is 10.2 Å². The Morgan fingerprint density at radius 3 is 2.69 bits per heavy atom. The lowest BCUT2D eigenvalue weighted by Gasteiger charge is -2.06. The maximum atomic E-state index is 11.7. The first-order valence-corrected chi connectivity index (χ1v) is 7.95. The molecule has 0 saturated carbocycles. The van der Waals surface area contributed by atoms with Gasteiger partial charge in [0.1, 0.15) is 11.5 Å². The normalized spacial score (nSPS) is 10.4. The molecule has 0 fully saturated rings. The zero-order valence-electron chi connectivity index (χ0n) is 14.0. The Hall–Kier alpha value is -3.06. The van der Waals surface area contributed by atoms with Gasteiger partial charge in [0, 0.05) is 0 Å². The van der Waals surface area contributed by atoms with Crippen molar-refractivity contribution in [2.45, 2.75) is 0 Å². The van der Waals surface area contributed by atoms with Crippen molar-refractivity contribution in [3.8, 4) is 11.5 Å². The van der Waals surface area contributed by atoms with Crippen molar-refractivity contribution in [2.75, 3.05) is 20.3 Å². The number of nitrogens with zero attached hydrogens (tertiary/aromatic N) is 1. The summed E-state index contributed by atoms with van der Waals surface area (Å²) in [6.07, 6.45) is 1.44. The molecule has 26 heavy (non-hydrogen) atoms. The zero-order chi connectivity index (χ0) is 18.8. The molecule has 1 amide bonds. The van der Waals surface area contributed by atoms with E-state index in [-0.39, 0.29) is 13.2 Å². The number of methoxy groups -OCH3 is 1. The number of para-hydroxylation sites is 1. The average Bonchev–Trinajstić information content (AvgIpc) is 2.66. The van der Waals surface area contributed by atoms with Crippen molar-refractivity contribution < 1.29 is 23.8 Å². The van der Waals surface area contributed by atoms with Crippen LogP contribution in [0.15, 0.2) is 53.6 Å². The predicted octanol–water partition coefficient (Wildman–Crippen LogP) is 2.42. The summed E-state index contributed by atoms with van der Waals surface area (Å²) in [7, 11) is 1.28. The number of hydrogen-bond acceptors (Lipinski definition) is 6. The van der Waals surface area contributed by atoms with Crippen LogP contribution in [0.1, 0.15) is 5.56 Å². The summed E-state index contributed by atoms with van der Waals surface area (Å²) >= 11 is 5.93. The molecule has 0 aromatic heterocycles. The maximum absolute atomic E-state index is 11.7. The van der Waals surface area contributed by atoms with E-state index in [1.807, 2.05) is 0 Å². The van der Waals surface area contributed by atoms with Crippen LogP contribution in [0.5, 0.6) is 11.5 Å². The lowest BCUT2D eigenvalue weighted by Crippen LogP contribution is -2.24. The minimum absolute atomic E-state index is 0.187. The van der Waals surface area contributed by atoms with Gasteiger partial charge in [-0.15, -0.1) is 0 Å². The van der Waals surface area contributed by atoms with E-state index in [0.717, 1.165) is 0 Å². The van der Waals surface area contributed by atoms with Crippen LogP contribution in [0.4, 0.5) is 0 Å². The number of esters is 1. The maximum Gasteiger partial charge on any atom is 0.343 e. The van der Waals surface area contributed by atoms with Crippen molar-refractivity contribution in [1.29, 1.82) is 0 Å². The number of hydrogen-bond donors (Lipinski definition) is 1. The first kappa shape index (κ1) is 19.3. The van der Waals surface area contributed by atoms with Crippen molar-refractivity contribution >= 4 is 29.7 Å². The van der Waals surface area contributed by atoms with Gasteiger partial charge >= 0.3 is 5.97 Å². The van der Waals surface area contributed by atoms with Gasteiger partial charge in [0.2, 0.25) is 0 Å². The number of halogens is 1. The third kappa shape index (κ3) is 6.45. The van der Waals surface area contributed by atoms with Crippen LogP contribution in [0, 0.1) is 0 Å². The van der Waals surface area contributed by atoms with Gasteiger partial charge in [0.05, 0.1) is 18.3 Å². The molecule has 2 aromatic carbocycles. The van der Waals surface area contributed by atoms with Crippen LogP contribution >= 0.6 is 11.6 Å². The van der Waals surface area contributed by atoms with E-state index < -0.39 is 11.9 Å². The number of ether oxygens (including phenoxy) is 3. The summed E-state index contributed by atoms with van der Waals surface area (Å²) in [5, 5.41) is 4.27. The van der Waals surface area contributed by atoms with Gasteiger partial charge in [-0.1, -0.05) is 35.9 Å². The lowest BCUT2D eigenvalue weighted by molar-refractivity contribution is -0.142. The standard InChI is InChI=1S/C18H17ClN2O5/c1-24-18(23)12-25-14-6-4-5-13(9-14)10-20-21-17(22)11-26-16-8-3-2-7-15(16)19/h2-10H,11-12H2,1H3,(H,21,22)/b20-10-. The molecular weight excluding hydrogens is 360 g/mol. The lowest BCUT2D eigenvalue weighted by atomic mass is 10.2. The topological polar surface area (TPSA) is 86.2 Å². The molecule has 0 unspecified atom stereocenters. The number of carbonyl (C=O) groups is 2. The molecule has 0 spiro atoms. The number of rotatable bonds is 8. The first-order chi connectivity index (χ1) is 12.6. The van der Waals surface area contributed by atoms with E-state index in [1.54, 1.807) is 48.5 Å². The molecule has 8 heteroatoms. The van der Waals surface area contributed by atoms with Crippen molar-refractivity contribution in [2.24, 2.45) is 5.10 Å². The van der Waals surface area contributed by atoms with Gasteiger partial charge in [0.25, 0.3) is 5.91 Å². The molecule has 0 bridgehead atoms. The summed E-state index contributed by atoms with van der Waals surface area (Å²) < 4.78 is 15.1. The fourth-order valence-corrected chi connectivity index (χ4v) is 1.99. The molecule has 0 aliphatic carbocycles. The van der Waals surface area contributed by atoms with Crippen LogP contribution in [-0.2, 0) is 14.3 Å². The average molecular weight is 377 g/mol. The highest BCUT2D eigenvalue weighted by Gasteiger charge is 2.04. The van der Waals surface area contributed by atoms with Crippen LogP contribution in [0.3, 0.4) is 0 Å². The molecule has 0 heterocycles. The Balaban J connectivity index is 1.81. The summed E-state index contributed by atoms with van der Waals surface area (Å²) in [5.74, 6) is -0.00870. The molecule has 7 nitrogen and oxygen atoms in total. The molecule has 136 valence electrons. The molecule has 0 radical (unpaired) electrons. The summed E-state index contributed by atoms with van der Waals surface area (Å²) in [6, 6.07) is 13.7. The minimum atomic E-state index is -0.477. The second-order valence-corrected chi connectivity index (χ2v) is 5.36. The predicted molar refractivity (Wildman–Crippen MR) is 96.6 cm³/mol. The van der Waals surface area contributed by atoms with Gasteiger partial charge < -0.3 is 14.2 Å². The fourth-order valence-electron chi connectivity index (χ4n) is 1.80. The van der Waals surface area contributed by atoms with Crippen LogP contribution in [0.25, 0.3) is 0 Å². The molecule has 2 rings (SSSR count). The number of carbonyl (C=O) groups excluding carboxylic acids is 2. The highest BCUT2D eigenvalue weighted by Crippen LogP contribution is 2.22. The van der Waals surface area contributed by atoms with Crippen LogP contribution in [-0.4, -0.2) is 38.4 Å². The number of nitrogens with one attached hydrogen (secondary N) is 1. The van der Waals surface area contributed by atoms with Gasteiger partial charge in [-0.2, -0.15) is 5.10 Å². The minimum Gasteiger partial charge on any atom is -0.482 e. The van der Waals surface area contributed by atoms with Crippen LogP contribution in [0.2, 0.25) is 5.02 Å². The largest absolute Gasteiger partial charge is 0.482 e. The summed E-state index contributed by atoms with van der Waals surface area (Å²) in [5.41, 5.74) is 3.03. The van der Waals surface area contributed by atoms with E-state index in [0.29, 0.717) is 22.1 Å². The second kappa shape index (κ2) is 10.0. The first-order valence-electron chi connectivity index (χ1n) is 7.57. The van der Waals surface area contributed by atoms with Crippen LogP contribution < -0.4 is 14.9 Å².